The third-order valence-electron chi connectivity index (χ3n) is 6.31. The van der Waals surface area contributed by atoms with Gasteiger partial charge in [-0.3, -0.25) is 9.59 Å². The molecule has 2 aliphatic heterocycles. The molecule has 0 unspecified atom stereocenters. The number of hydrogen-bond acceptors (Lipinski definition) is 7. The number of allylic oxidation sites excluding steroid dienone is 4. The average Bonchev–Trinajstić information content (AvgIpc) is 3.63. The topological polar surface area (TPSA) is 117 Å². The van der Waals surface area contributed by atoms with Crippen LogP contribution in [0, 0.1) is 11.8 Å². The highest BCUT2D eigenvalue weighted by atomic mass is 16.7. The van der Waals surface area contributed by atoms with E-state index in [9.17, 15) is 19.2 Å². The number of nitrogens with zero attached hydrogens (tertiary/aromatic N) is 1. The molecule has 0 radical (unpaired) electrons. The quantitative estimate of drug-likeness (QED) is 0.248. The molecule has 2 amide bonds. The first-order valence-electron chi connectivity index (χ1n) is 13.0. The number of esters is 2. The number of amides is 2. The normalized spacial score (nSPS) is 21.1. The standard InChI is InChI=1S/C28H39N3O6/c1-16(2)11-12-29-25(32)22(13-17(3)4)30-26(33)23-24(36-23)28(35)37-27(34)21-15-31(18(5)6)14-19-9-7-8-10-20(19)21/h7-8,10,14-18,22-24H,9,11-13H2,1-6H3,(H,29,32)(H,30,33)/t22-,23-,24-/m1/s1. The van der Waals surface area contributed by atoms with Crippen LogP contribution >= 0.6 is 0 Å². The van der Waals surface area contributed by atoms with Crippen LogP contribution in [0.4, 0.5) is 0 Å². The smallest absolute Gasteiger partial charge is 0.347 e. The van der Waals surface area contributed by atoms with Crippen LogP contribution in [0.1, 0.15) is 60.8 Å². The largest absolute Gasteiger partial charge is 0.387 e. The summed E-state index contributed by atoms with van der Waals surface area (Å²) < 4.78 is 10.4. The lowest BCUT2D eigenvalue weighted by molar-refractivity contribution is -0.157. The van der Waals surface area contributed by atoms with E-state index in [0.29, 0.717) is 30.9 Å². The van der Waals surface area contributed by atoms with E-state index in [1.807, 2.05) is 57.0 Å². The second-order valence-electron chi connectivity index (χ2n) is 10.8. The highest BCUT2D eigenvalue weighted by molar-refractivity contribution is 6.04. The Bertz CT molecular complexity index is 1040. The third-order valence-corrected chi connectivity index (χ3v) is 6.31. The van der Waals surface area contributed by atoms with Crippen molar-refractivity contribution in [1.29, 1.82) is 0 Å². The first kappa shape index (κ1) is 28.4. The lowest BCUT2D eigenvalue weighted by atomic mass is 9.90. The highest BCUT2D eigenvalue weighted by Crippen LogP contribution is 2.33. The van der Waals surface area contributed by atoms with Crippen LogP contribution in [0.5, 0.6) is 0 Å². The van der Waals surface area contributed by atoms with Gasteiger partial charge in [-0.15, -0.1) is 0 Å². The Labute approximate surface area is 219 Å². The molecule has 2 N–H and O–H groups in total. The molecule has 0 spiro atoms. The highest BCUT2D eigenvalue weighted by Gasteiger charge is 2.53. The van der Waals surface area contributed by atoms with Crippen molar-refractivity contribution < 1.29 is 28.7 Å². The summed E-state index contributed by atoms with van der Waals surface area (Å²) in [5.41, 5.74) is 1.95. The van der Waals surface area contributed by atoms with Crippen molar-refractivity contribution in [2.45, 2.75) is 85.1 Å². The molecule has 0 aromatic carbocycles. The fourth-order valence-corrected chi connectivity index (χ4v) is 4.12. The van der Waals surface area contributed by atoms with Crippen LogP contribution in [-0.2, 0) is 28.7 Å². The number of rotatable bonds is 11. The Morgan fingerprint density at radius 2 is 1.78 bits per heavy atom. The lowest BCUT2D eigenvalue weighted by Gasteiger charge is -2.29. The minimum Gasteiger partial charge on any atom is -0.387 e. The van der Waals surface area contributed by atoms with Crippen molar-refractivity contribution in [3.63, 3.8) is 0 Å². The van der Waals surface area contributed by atoms with Crippen molar-refractivity contribution in [3.8, 4) is 0 Å². The molecule has 0 bridgehead atoms. The van der Waals surface area contributed by atoms with Gasteiger partial charge in [-0.25, -0.2) is 9.59 Å². The summed E-state index contributed by atoms with van der Waals surface area (Å²) in [6.45, 7) is 12.6. The molecule has 9 heteroatoms. The van der Waals surface area contributed by atoms with Crippen LogP contribution in [0.25, 0.3) is 0 Å². The fraction of sp³-hybridized carbons (Fsp3) is 0.571. The van der Waals surface area contributed by atoms with Crippen LogP contribution < -0.4 is 10.6 Å². The van der Waals surface area contributed by atoms with E-state index in [2.05, 4.69) is 24.5 Å². The molecule has 9 nitrogen and oxygen atoms in total. The molecule has 1 aliphatic carbocycles. The molecule has 37 heavy (non-hydrogen) atoms. The Balaban J connectivity index is 1.58. The summed E-state index contributed by atoms with van der Waals surface area (Å²) in [5, 5.41) is 5.55. The molecule has 0 aromatic heterocycles. The van der Waals surface area contributed by atoms with E-state index in [-0.39, 0.29) is 23.4 Å². The van der Waals surface area contributed by atoms with Gasteiger partial charge in [0, 0.05) is 25.0 Å². The first-order valence-corrected chi connectivity index (χ1v) is 13.0. The number of carbonyl (C=O) groups is 4. The van der Waals surface area contributed by atoms with E-state index >= 15 is 0 Å². The Morgan fingerprint density at radius 1 is 1.05 bits per heavy atom. The average molecular weight is 514 g/mol. The number of carbonyl (C=O) groups excluding carboxylic acids is 4. The zero-order valence-corrected chi connectivity index (χ0v) is 22.6. The van der Waals surface area contributed by atoms with Gasteiger partial charge in [0.15, 0.2) is 12.2 Å². The summed E-state index contributed by atoms with van der Waals surface area (Å²) in [7, 11) is 0. The lowest BCUT2D eigenvalue weighted by Crippen LogP contribution is -2.49. The number of epoxide rings is 1. The van der Waals surface area contributed by atoms with Crippen molar-refractivity contribution in [2.75, 3.05) is 6.54 Å². The zero-order chi connectivity index (χ0) is 27.3. The summed E-state index contributed by atoms with van der Waals surface area (Å²) in [4.78, 5) is 52.9. The second-order valence-corrected chi connectivity index (χ2v) is 10.8. The Kier molecular flexibility index (Phi) is 9.48. The molecule has 0 aromatic rings. The molecule has 202 valence electrons. The monoisotopic (exact) mass is 513 g/mol. The minimum atomic E-state index is -1.19. The molecule has 2 heterocycles. The summed E-state index contributed by atoms with van der Waals surface area (Å²) in [6.07, 6.45) is 8.97. The van der Waals surface area contributed by atoms with Gasteiger partial charge in [0.05, 0.1) is 5.57 Å². The van der Waals surface area contributed by atoms with Crippen LogP contribution in [0.3, 0.4) is 0 Å². The van der Waals surface area contributed by atoms with Crippen molar-refractivity contribution in [2.24, 2.45) is 11.8 Å². The third kappa shape index (κ3) is 7.64. The van der Waals surface area contributed by atoms with E-state index in [4.69, 9.17) is 9.47 Å². The van der Waals surface area contributed by atoms with E-state index in [1.165, 1.54) is 0 Å². The predicted octanol–water partition coefficient (Wildman–Crippen LogP) is 2.89. The predicted molar refractivity (Wildman–Crippen MR) is 139 cm³/mol. The molecule has 3 rings (SSSR count). The van der Waals surface area contributed by atoms with E-state index in [0.717, 1.165) is 12.0 Å². The molecule has 0 saturated carbocycles. The van der Waals surface area contributed by atoms with Crippen LogP contribution in [0.15, 0.2) is 47.3 Å². The Morgan fingerprint density at radius 3 is 2.43 bits per heavy atom. The maximum atomic E-state index is 12.9. The van der Waals surface area contributed by atoms with Crippen molar-refractivity contribution in [3.05, 3.63) is 47.3 Å². The van der Waals surface area contributed by atoms with Crippen molar-refractivity contribution >= 4 is 23.8 Å². The number of nitrogens with one attached hydrogen (secondary N) is 2. The number of hydrogen-bond donors (Lipinski definition) is 2. The number of fused-ring (bicyclic) bond motifs is 1. The van der Waals surface area contributed by atoms with Gasteiger partial charge < -0.3 is 25.0 Å². The SMILES string of the molecule is CC(C)CCNC(=O)[C@@H](CC(C)C)NC(=O)[C@@H]1O[C@H]1C(=O)OC(=O)C1=CN(C(C)C)C=C2CC=CC=C21. The van der Waals surface area contributed by atoms with Gasteiger partial charge in [0.2, 0.25) is 5.91 Å². The molecule has 3 atom stereocenters. The summed E-state index contributed by atoms with van der Waals surface area (Å²) in [5.74, 6) is -1.95. The molecule has 1 fully saturated rings. The van der Waals surface area contributed by atoms with Gasteiger partial charge >= 0.3 is 11.9 Å². The summed E-state index contributed by atoms with van der Waals surface area (Å²) >= 11 is 0. The van der Waals surface area contributed by atoms with Gasteiger partial charge in [-0.2, -0.15) is 0 Å². The van der Waals surface area contributed by atoms with Gasteiger partial charge in [0.25, 0.3) is 5.91 Å². The van der Waals surface area contributed by atoms with Gasteiger partial charge in [-0.05, 0) is 56.1 Å². The van der Waals surface area contributed by atoms with Crippen LogP contribution in [-0.4, -0.2) is 59.5 Å². The summed E-state index contributed by atoms with van der Waals surface area (Å²) in [6, 6.07) is -0.632. The molecular formula is C28H39N3O6. The van der Waals surface area contributed by atoms with E-state index < -0.39 is 36.1 Å². The van der Waals surface area contributed by atoms with E-state index in [1.54, 1.807) is 6.20 Å². The van der Waals surface area contributed by atoms with Gasteiger partial charge in [-0.1, -0.05) is 45.9 Å². The molecule has 3 aliphatic rings. The zero-order valence-electron chi connectivity index (χ0n) is 22.6. The molecule has 1 saturated heterocycles. The second kappa shape index (κ2) is 12.4. The number of ether oxygens (including phenoxy) is 2. The Hall–Kier alpha value is -3.20. The maximum absolute atomic E-state index is 12.9. The molecular weight excluding hydrogens is 474 g/mol. The minimum absolute atomic E-state index is 0.111. The van der Waals surface area contributed by atoms with Crippen LogP contribution in [0.2, 0.25) is 0 Å². The van der Waals surface area contributed by atoms with Crippen molar-refractivity contribution in [1.82, 2.24) is 15.5 Å². The maximum Gasteiger partial charge on any atom is 0.347 e. The van der Waals surface area contributed by atoms with Gasteiger partial charge in [0.1, 0.15) is 6.04 Å². The fourth-order valence-electron chi connectivity index (χ4n) is 4.12. The first-order chi connectivity index (χ1) is 17.5.